The van der Waals surface area contributed by atoms with Crippen LogP contribution in [0.3, 0.4) is 0 Å². The largest absolute Gasteiger partial charge is 0.508 e. The average Bonchev–Trinajstić information content (AvgIpc) is 2.02. The van der Waals surface area contributed by atoms with Crippen molar-refractivity contribution in [2.24, 2.45) is 0 Å². The molecule has 1 aliphatic rings. The summed E-state index contributed by atoms with van der Waals surface area (Å²) in [5.74, 6) is 0.362. The van der Waals surface area contributed by atoms with E-state index in [9.17, 15) is 5.11 Å². The first-order chi connectivity index (χ1) is 5.29. The maximum absolute atomic E-state index is 9.24. The van der Waals surface area contributed by atoms with Crippen LogP contribution in [0.4, 0.5) is 0 Å². The van der Waals surface area contributed by atoms with Gasteiger partial charge in [0.1, 0.15) is 5.76 Å². The van der Waals surface area contributed by atoms with Gasteiger partial charge in [0.25, 0.3) is 0 Å². The standard InChI is InChI=1S/C10H14O/c1-9-6-4-2-3-5-7-10(11)8-9/h3,5,7-8,11H,2,4,6H2,1H3/b5-3+,9-8+,10-7+. The van der Waals surface area contributed by atoms with E-state index < -0.39 is 0 Å². The summed E-state index contributed by atoms with van der Waals surface area (Å²) in [5.41, 5.74) is 1.25. The predicted octanol–water partition coefficient (Wildman–Crippen LogP) is 3.11. The molecule has 0 aromatic heterocycles. The van der Waals surface area contributed by atoms with Gasteiger partial charge in [0, 0.05) is 0 Å². The monoisotopic (exact) mass is 150 g/mol. The SMILES string of the molecule is C\C1=C/C(O)=C\C=C\CCC1. The summed E-state index contributed by atoms with van der Waals surface area (Å²) in [6.07, 6.45) is 10.9. The second-order valence-corrected chi connectivity index (χ2v) is 2.90. The lowest BCUT2D eigenvalue weighted by atomic mass is 10.1. The second kappa shape index (κ2) is 4.02. The minimum atomic E-state index is 0.362. The highest BCUT2D eigenvalue weighted by atomic mass is 16.3. The van der Waals surface area contributed by atoms with Gasteiger partial charge in [0.15, 0.2) is 0 Å². The van der Waals surface area contributed by atoms with E-state index in [0.717, 1.165) is 12.8 Å². The minimum Gasteiger partial charge on any atom is -0.508 e. The molecule has 11 heavy (non-hydrogen) atoms. The molecule has 0 atom stereocenters. The average molecular weight is 150 g/mol. The van der Waals surface area contributed by atoms with Crippen molar-refractivity contribution in [3.05, 3.63) is 35.6 Å². The van der Waals surface area contributed by atoms with Crippen LogP contribution in [0.25, 0.3) is 0 Å². The van der Waals surface area contributed by atoms with Gasteiger partial charge in [-0.25, -0.2) is 0 Å². The van der Waals surface area contributed by atoms with Crippen molar-refractivity contribution < 1.29 is 5.11 Å². The Bertz CT molecular complexity index is 209. The first-order valence-corrected chi connectivity index (χ1v) is 4.02. The van der Waals surface area contributed by atoms with Crippen molar-refractivity contribution in [1.82, 2.24) is 0 Å². The van der Waals surface area contributed by atoms with Crippen LogP contribution < -0.4 is 0 Å². The smallest absolute Gasteiger partial charge is 0.115 e. The molecule has 0 saturated heterocycles. The Morgan fingerprint density at radius 2 is 2.27 bits per heavy atom. The van der Waals surface area contributed by atoms with Crippen LogP contribution >= 0.6 is 0 Å². The molecule has 0 heterocycles. The maximum Gasteiger partial charge on any atom is 0.115 e. The van der Waals surface area contributed by atoms with Gasteiger partial charge in [-0.1, -0.05) is 17.7 Å². The Kier molecular flexibility index (Phi) is 2.96. The minimum absolute atomic E-state index is 0.362. The molecule has 1 N–H and O–H groups in total. The molecule has 0 bridgehead atoms. The van der Waals surface area contributed by atoms with E-state index in [4.69, 9.17) is 0 Å². The van der Waals surface area contributed by atoms with Gasteiger partial charge in [-0.05, 0) is 38.3 Å². The molecule has 1 aliphatic carbocycles. The van der Waals surface area contributed by atoms with Crippen LogP contribution in [-0.2, 0) is 0 Å². The van der Waals surface area contributed by atoms with Crippen LogP contribution in [0.15, 0.2) is 35.6 Å². The molecule has 1 nitrogen and oxygen atoms in total. The normalized spacial score (nSPS) is 31.7. The van der Waals surface area contributed by atoms with E-state index in [0.29, 0.717) is 5.76 Å². The summed E-state index contributed by atoms with van der Waals surface area (Å²) in [5, 5.41) is 9.24. The van der Waals surface area contributed by atoms with E-state index in [1.165, 1.54) is 12.0 Å². The van der Waals surface area contributed by atoms with Crippen LogP contribution in [0.2, 0.25) is 0 Å². The van der Waals surface area contributed by atoms with Crippen LogP contribution in [0.1, 0.15) is 26.2 Å². The van der Waals surface area contributed by atoms with Crippen molar-refractivity contribution in [1.29, 1.82) is 0 Å². The Hall–Kier alpha value is -0.980. The molecule has 0 aromatic carbocycles. The summed E-state index contributed by atoms with van der Waals surface area (Å²) < 4.78 is 0. The highest BCUT2D eigenvalue weighted by Gasteiger charge is 1.93. The fourth-order valence-corrected chi connectivity index (χ4v) is 1.13. The molecule has 0 spiro atoms. The van der Waals surface area contributed by atoms with Gasteiger partial charge in [-0.2, -0.15) is 0 Å². The third-order valence-corrected chi connectivity index (χ3v) is 1.74. The number of hydrogen-bond acceptors (Lipinski definition) is 1. The zero-order chi connectivity index (χ0) is 8.10. The van der Waals surface area contributed by atoms with Crippen molar-refractivity contribution >= 4 is 0 Å². The van der Waals surface area contributed by atoms with E-state index in [2.05, 4.69) is 13.0 Å². The first-order valence-electron chi connectivity index (χ1n) is 4.02. The molecule has 0 unspecified atom stereocenters. The number of allylic oxidation sites excluding steroid dienone is 5. The molecule has 0 aliphatic heterocycles. The number of hydrogen-bond donors (Lipinski definition) is 1. The molecule has 0 amide bonds. The topological polar surface area (TPSA) is 20.2 Å². The highest BCUT2D eigenvalue weighted by Crippen LogP contribution is 2.11. The van der Waals surface area contributed by atoms with Crippen molar-refractivity contribution in [2.45, 2.75) is 26.2 Å². The van der Waals surface area contributed by atoms with Crippen molar-refractivity contribution in [2.75, 3.05) is 0 Å². The van der Waals surface area contributed by atoms with E-state index >= 15 is 0 Å². The van der Waals surface area contributed by atoms with Gasteiger partial charge >= 0.3 is 0 Å². The molecule has 0 fully saturated rings. The summed E-state index contributed by atoms with van der Waals surface area (Å²) in [6.45, 7) is 2.05. The quantitative estimate of drug-likeness (QED) is 0.562. The second-order valence-electron chi connectivity index (χ2n) is 2.90. The molecule has 0 aromatic rings. The zero-order valence-corrected chi connectivity index (χ0v) is 6.88. The summed E-state index contributed by atoms with van der Waals surface area (Å²) in [6, 6.07) is 0. The molecule has 1 heteroatoms. The van der Waals surface area contributed by atoms with Crippen molar-refractivity contribution in [3.8, 4) is 0 Å². The van der Waals surface area contributed by atoms with Gasteiger partial charge in [0.05, 0.1) is 0 Å². The Labute approximate surface area is 67.7 Å². The molecule has 0 radical (unpaired) electrons. The van der Waals surface area contributed by atoms with Gasteiger partial charge < -0.3 is 5.11 Å². The summed E-state index contributed by atoms with van der Waals surface area (Å²) in [7, 11) is 0. The zero-order valence-electron chi connectivity index (χ0n) is 6.88. The molecule has 0 saturated carbocycles. The predicted molar refractivity (Wildman–Crippen MR) is 47.5 cm³/mol. The Morgan fingerprint density at radius 3 is 3.09 bits per heavy atom. The van der Waals surface area contributed by atoms with E-state index in [1.54, 1.807) is 6.08 Å². The third-order valence-electron chi connectivity index (χ3n) is 1.74. The fraction of sp³-hybridized carbons (Fsp3) is 0.400. The third kappa shape index (κ3) is 3.08. The van der Waals surface area contributed by atoms with E-state index in [-0.39, 0.29) is 0 Å². The van der Waals surface area contributed by atoms with E-state index in [1.807, 2.05) is 12.2 Å². The fourth-order valence-electron chi connectivity index (χ4n) is 1.13. The molecule has 60 valence electrons. The lowest BCUT2D eigenvalue weighted by Crippen LogP contribution is -1.79. The maximum atomic E-state index is 9.24. The lowest BCUT2D eigenvalue weighted by molar-refractivity contribution is 0.431. The molecule has 1 rings (SSSR count). The van der Waals surface area contributed by atoms with Gasteiger partial charge in [-0.15, -0.1) is 0 Å². The molecular weight excluding hydrogens is 136 g/mol. The summed E-state index contributed by atoms with van der Waals surface area (Å²) in [4.78, 5) is 0. The van der Waals surface area contributed by atoms with Crippen LogP contribution in [0, 0.1) is 0 Å². The number of aliphatic hydroxyl groups excluding tert-OH is 1. The number of aliphatic hydroxyl groups is 1. The first kappa shape index (κ1) is 8.12. The van der Waals surface area contributed by atoms with Gasteiger partial charge in [-0.3, -0.25) is 0 Å². The highest BCUT2D eigenvalue weighted by molar-refractivity contribution is 5.21. The van der Waals surface area contributed by atoms with Crippen LogP contribution in [0.5, 0.6) is 0 Å². The van der Waals surface area contributed by atoms with Crippen molar-refractivity contribution in [3.63, 3.8) is 0 Å². The Balaban J connectivity index is 2.73. The number of rotatable bonds is 0. The lowest BCUT2D eigenvalue weighted by Gasteiger charge is -1.96. The van der Waals surface area contributed by atoms with Gasteiger partial charge in [0.2, 0.25) is 0 Å². The van der Waals surface area contributed by atoms with Crippen LogP contribution in [-0.4, -0.2) is 5.11 Å². The summed E-state index contributed by atoms with van der Waals surface area (Å²) >= 11 is 0. The Morgan fingerprint density at radius 1 is 1.45 bits per heavy atom. The molecular formula is C10H14O.